The molecule has 0 N–H and O–H groups in total. The zero-order chi connectivity index (χ0) is 15.0. The summed E-state index contributed by atoms with van der Waals surface area (Å²) in [6, 6.07) is 3.56. The van der Waals surface area contributed by atoms with Crippen LogP contribution in [0, 0.1) is 0 Å². The number of hydrogen-bond acceptors (Lipinski definition) is 3. The first-order chi connectivity index (χ1) is 10.1. The Morgan fingerprint density at radius 2 is 2.05 bits per heavy atom. The molecule has 0 saturated carbocycles. The van der Waals surface area contributed by atoms with E-state index in [2.05, 4.69) is 4.98 Å². The summed E-state index contributed by atoms with van der Waals surface area (Å²) >= 11 is 6.03. The second kappa shape index (κ2) is 5.48. The first kappa shape index (κ1) is 14.1. The third-order valence-electron chi connectivity index (χ3n) is 3.80. The van der Waals surface area contributed by atoms with Gasteiger partial charge in [-0.05, 0) is 18.6 Å². The van der Waals surface area contributed by atoms with E-state index in [0.29, 0.717) is 48.7 Å². The highest BCUT2D eigenvalue weighted by molar-refractivity contribution is 6.30. The maximum atomic E-state index is 12.8. The van der Waals surface area contributed by atoms with Crippen LogP contribution in [0.5, 0.6) is 0 Å². The van der Waals surface area contributed by atoms with Gasteiger partial charge in [0.2, 0.25) is 0 Å². The SMILES string of the molecule is CCc1nc2ccc(Cl)cn2c1C(=O)N1CCC(=O)CC1. The monoisotopic (exact) mass is 305 g/mol. The molecule has 0 unspecified atom stereocenters. The Labute approximate surface area is 127 Å². The summed E-state index contributed by atoms with van der Waals surface area (Å²) in [5.41, 5.74) is 2.04. The molecule has 0 radical (unpaired) electrons. The fourth-order valence-electron chi connectivity index (χ4n) is 2.65. The number of aromatic nitrogens is 2. The normalized spacial score (nSPS) is 15.7. The molecular formula is C15H16ClN3O2. The summed E-state index contributed by atoms with van der Waals surface area (Å²) < 4.78 is 1.75. The summed E-state index contributed by atoms with van der Waals surface area (Å²) in [6.07, 6.45) is 3.26. The maximum Gasteiger partial charge on any atom is 0.272 e. The fraction of sp³-hybridized carbons (Fsp3) is 0.400. The van der Waals surface area contributed by atoms with Gasteiger partial charge in [0.05, 0.1) is 10.7 Å². The predicted octanol–water partition coefficient (Wildman–Crippen LogP) is 2.36. The third-order valence-corrected chi connectivity index (χ3v) is 4.02. The fourth-order valence-corrected chi connectivity index (χ4v) is 2.81. The number of hydrogen-bond donors (Lipinski definition) is 0. The predicted molar refractivity (Wildman–Crippen MR) is 79.7 cm³/mol. The molecule has 0 bridgehead atoms. The Bertz CT molecular complexity index is 713. The Morgan fingerprint density at radius 1 is 1.33 bits per heavy atom. The summed E-state index contributed by atoms with van der Waals surface area (Å²) in [6.45, 7) is 2.93. The number of carbonyl (C=O) groups excluding carboxylic acids is 2. The number of likely N-dealkylation sites (tertiary alicyclic amines) is 1. The van der Waals surface area contributed by atoms with Gasteiger partial charge in [-0.3, -0.25) is 14.0 Å². The van der Waals surface area contributed by atoms with Crippen molar-refractivity contribution >= 4 is 28.9 Å². The summed E-state index contributed by atoms with van der Waals surface area (Å²) in [5, 5.41) is 0.561. The van der Waals surface area contributed by atoms with Crippen molar-refractivity contribution in [3.8, 4) is 0 Å². The number of nitrogens with zero attached hydrogens (tertiary/aromatic N) is 3. The molecule has 0 aromatic carbocycles. The molecule has 2 aromatic heterocycles. The van der Waals surface area contributed by atoms with Crippen LogP contribution in [-0.2, 0) is 11.2 Å². The average molecular weight is 306 g/mol. The van der Waals surface area contributed by atoms with E-state index in [9.17, 15) is 9.59 Å². The molecule has 1 saturated heterocycles. The molecule has 1 aliphatic rings. The van der Waals surface area contributed by atoms with E-state index >= 15 is 0 Å². The van der Waals surface area contributed by atoms with Crippen LogP contribution in [0.3, 0.4) is 0 Å². The number of piperidine rings is 1. The molecule has 1 fully saturated rings. The molecule has 3 heterocycles. The highest BCUT2D eigenvalue weighted by atomic mass is 35.5. The van der Waals surface area contributed by atoms with Gasteiger partial charge in [0, 0.05) is 32.1 Å². The zero-order valence-corrected chi connectivity index (χ0v) is 12.6. The first-order valence-corrected chi connectivity index (χ1v) is 7.45. The van der Waals surface area contributed by atoms with Crippen LogP contribution in [0.4, 0.5) is 0 Å². The Kier molecular flexibility index (Phi) is 3.68. The number of fused-ring (bicyclic) bond motifs is 1. The molecule has 0 spiro atoms. The van der Waals surface area contributed by atoms with E-state index in [0.717, 1.165) is 5.69 Å². The summed E-state index contributed by atoms with van der Waals surface area (Å²) in [4.78, 5) is 30.3. The van der Waals surface area contributed by atoms with E-state index in [1.54, 1.807) is 27.6 Å². The molecule has 1 aliphatic heterocycles. The lowest BCUT2D eigenvalue weighted by Gasteiger charge is -2.26. The molecule has 21 heavy (non-hydrogen) atoms. The smallest absolute Gasteiger partial charge is 0.272 e. The zero-order valence-electron chi connectivity index (χ0n) is 11.8. The lowest BCUT2D eigenvalue weighted by atomic mass is 10.1. The van der Waals surface area contributed by atoms with Crippen LogP contribution >= 0.6 is 11.6 Å². The van der Waals surface area contributed by atoms with E-state index in [1.165, 1.54) is 0 Å². The minimum absolute atomic E-state index is 0.0749. The molecule has 0 aliphatic carbocycles. The lowest BCUT2D eigenvalue weighted by molar-refractivity contribution is -0.120. The number of imidazole rings is 1. The first-order valence-electron chi connectivity index (χ1n) is 7.07. The van der Waals surface area contributed by atoms with Crippen molar-refractivity contribution in [3.63, 3.8) is 0 Å². The molecule has 0 atom stereocenters. The van der Waals surface area contributed by atoms with Gasteiger partial charge in [-0.2, -0.15) is 0 Å². The summed E-state index contributed by atoms with van der Waals surface area (Å²) in [7, 11) is 0. The number of carbonyl (C=O) groups is 2. The van der Waals surface area contributed by atoms with Crippen molar-refractivity contribution in [1.29, 1.82) is 0 Å². The Hall–Kier alpha value is -1.88. The minimum atomic E-state index is -0.0749. The van der Waals surface area contributed by atoms with Crippen LogP contribution in [0.25, 0.3) is 5.65 Å². The Balaban J connectivity index is 2.03. The summed E-state index contributed by atoms with van der Waals surface area (Å²) in [5.74, 6) is 0.144. The van der Waals surface area contributed by atoms with Crippen molar-refractivity contribution in [2.75, 3.05) is 13.1 Å². The van der Waals surface area contributed by atoms with Gasteiger partial charge in [0.1, 0.15) is 17.1 Å². The van der Waals surface area contributed by atoms with Gasteiger partial charge in [0.15, 0.2) is 0 Å². The van der Waals surface area contributed by atoms with Gasteiger partial charge in [-0.1, -0.05) is 18.5 Å². The molecule has 3 rings (SSSR count). The van der Waals surface area contributed by atoms with Gasteiger partial charge in [-0.25, -0.2) is 4.98 Å². The number of halogens is 1. The molecule has 1 amide bonds. The lowest BCUT2D eigenvalue weighted by Crippen LogP contribution is -2.39. The molecule has 6 heteroatoms. The van der Waals surface area contributed by atoms with Crippen molar-refractivity contribution < 1.29 is 9.59 Å². The topological polar surface area (TPSA) is 54.7 Å². The van der Waals surface area contributed by atoms with Crippen LogP contribution in [0.1, 0.15) is 35.9 Å². The van der Waals surface area contributed by atoms with E-state index in [4.69, 9.17) is 11.6 Å². The van der Waals surface area contributed by atoms with Gasteiger partial charge < -0.3 is 4.90 Å². The van der Waals surface area contributed by atoms with Crippen LogP contribution in [-0.4, -0.2) is 39.1 Å². The number of Topliss-reactive ketones (excluding diaryl/α,β-unsaturated/α-hetero) is 1. The molecular weight excluding hydrogens is 290 g/mol. The van der Waals surface area contributed by atoms with Crippen molar-refractivity contribution in [2.45, 2.75) is 26.2 Å². The van der Waals surface area contributed by atoms with E-state index in [-0.39, 0.29) is 11.7 Å². The molecule has 2 aromatic rings. The van der Waals surface area contributed by atoms with Crippen molar-refractivity contribution in [3.05, 3.63) is 34.7 Å². The quantitative estimate of drug-likeness (QED) is 0.856. The van der Waals surface area contributed by atoms with Crippen LogP contribution in [0.15, 0.2) is 18.3 Å². The highest BCUT2D eigenvalue weighted by Gasteiger charge is 2.26. The second-order valence-corrected chi connectivity index (χ2v) is 5.60. The van der Waals surface area contributed by atoms with E-state index in [1.807, 2.05) is 6.92 Å². The largest absolute Gasteiger partial charge is 0.336 e. The highest BCUT2D eigenvalue weighted by Crippen LogP contribution is 2.20. The van der Waals surface area contributed by atoms with Gasteiger partial charge in [-0.15, -0.1) is 0 Å². The van der Waals surface area contributed by atoms with Crippen LogP contribution < -0.4 is 0 Å². The van der Waals surface area contributed by atoms with Crippen LogP contribution in [0.2, 0.25) is 5.02 Å². The second-order valence-electron chi connectivity index (χ2n) is 5.17. The molecule has 5 nitrogen and oxygen atoms in total. The van der Waals surface area contributed by atoms with Crippen molar-refractivity contribution in [1.82, 2.24) is 14.3 Å². The number of pyridine rings is 1. The standard InChI is InChI=1S/C15H16ClN3O2/c1-2-12-14(15(21)18-7-5-11(20)6-8-18)19-9-10(16)3-4-13(19)17-12/h3-4,9H,2,5-8H2,1H3. The number of rotatable bonds is 2. The minimum Gasteiger partial charge on any atom is -0.336 e. The van der Waals surface area contributed by atoms with Crippen molar-refractivity contribution in [2.24, 2.45) is 0 Å². The van der Waals surface area contributed by atoms with E-state index < -0.39 is 0 Å². The number of ketones is 1. The number of amides is 1. The van der Waals surface area contributed by atoms with Gasteiger partial charge >= 0.3 is 0 Å². The van der Waals surface area contributed by atoms with Gasteiger partial charge in [0.25, 0.3) is 5.91 Å². The average Bonchev–Trinajstić information content (AvgIpc) is 2.85. The Morgan fingerprint density at radius 3 is 2.71 bits per heavy atom. The third kappa shape index (κ3) is 2.53. The number of aryl methyl sites for hydroxylation is 1. The maximum absolute atomic E-state index is 12.8. The molecule has 110 valence electrons.